The lowest BCUT2D eigenvalue weighted by molar-refractivity contribution is -0.139. The van der Waals surface area contributed by atoms with Gasteiger partial charge in [-0.1, -0.05) is 41.4 Å². The van der Waals surface area contributed by atoms with Gasteiger partial charge in [-0.25, -0.2) is 9.59 Å². The number of rotatable bonds is 10. The second kappa shape index (κ2) is 13.7. The van der Waals surface area contributed by atoms with Crippen LogP contribution in [0.1, 0.15) is 21.5 Å². The van der Waals surface area contributed by atoms with Crippen molar-refractivity contribution in [1.29, 1.82) is 0 Å². The summed E-state index contributed by atoms with van der Waals surface area (Å²) in [7, 11) is 1.57. The van der Waals surface area contributed by atoms with Gasteiger partial charge in [0.2, 0.25) is 0 Å². The summed E-state index contributed by atoms with van der Waals surface area (Å²) >= 11 is 13.9. The topological polar surface area (TPSA) is 101 Å². The van der Waals surface area contributed by atoms with Crippen LogP contribution in [0.15, 0.2) is 84.0 Å². The van der Waals surface area contributed by atoms with Crippen LogP contribution >= 0.6 is 35.0 Å². The minimum Gasteiger partial charge on any atom is -0.497 e. The van der Waals surface area contributed by atoms with Crippen LogP contribution in [-0.2, 0) is 22.6 Å². The second-order valence-electron chi connectivity index (χ2n) is 8.64. The Hall–Kier alpha value is -3.56. The third kappa shape index (κ3) is 7.14. The number of carbonyl (C=O) groups excluding carboxylic acids is 2. The van der Waals surface area contributed by atoms with Crippen LogP contribution in [0.5, 0.6) is 11.5 Å². The van der Waals surface area contributed by atoms with Crippen LogP contribution in [0.2, 0.25) is 10.0 Å². The van der Waals surface area contributed by atoms with E-state index in [0.29, 0.717) is 32.7 Å². The quantitative estimate of drug-likeness (QED) is 0.124. The Labute approximate surface area is 246 Å². The van der Waals surface area contributed by atoms with Crippen molar-refractivity contribution in [2.45, 2.75) is 24.0 Å². The lowest BCUT2D eigenvalue weighted by Gasteiger charge is -2.14. The zero-order chi connectivity index (χ0) is 28.6. The highest BCUT2D eigenvalue weighted by atomic mass is 35.5. The Balaban J connectivity index is 1.40. The van der Waals surface area contributed by atoms with E-state index in [4.69, 9.17) is 43.1 Å². The smallest absolute Gasteiger partial charge is 0.348 e. The summed E-state index contributed by atoms with van der Waals surface area (Å²) in [6.07, 6.45) is 5.03. The Morgan fingerprint density at radius 2 is 1.68 bits per heavy atom. The molecule has 0 aliphatic rings. The molecule has 0 unspecified atom stereocenters. The molecule has 1 heterocycles. The molecule has 0 bridgehead atoms. The number of carbonyl (C=O) groups is 2. The lowest BCUT2D eigenvalue weighted by atomic mass is 10.0. The third-order valence-electron chi connectivity index (χ3n) is 6.06. The maximum Gasteiger partial charge on any atom is 0.348 e. The van der Waals surface area contributed by atoms with Crippen molar-refractivity contribution < 1.29 is 23.8 Å². The van der Waals surface area contributed by atoms with Crippen molar-refractivity contribution >= 4 is 46.9 Å². The maximum absolute atomic E-state index is 13.0. The molecule has 0 aliphatic heterocycles. The van der Waals surface area contributed by atoms with Gasteiger partial charge in [0.25, 0.3) is 0 Å². The van der Waals surface area contributed by atoms with Gasteiger partial charge in [-0.05, 0) is 72.3 Å². The van der Waals surface area contributed by atoms with E-state index in [2.05, 4.69) is 4.98 Å². The zero-order valence-corrected chi connectivity index (χ0v) is 24.1. The molecular weight excluding hydrogens is 571 g/mol. The van der Waals surface area contributed by atoms with Gasteiger partial charge >= 0.3 is 11.9 Å². The van der Waals surface area contributed by atoms with Gasteiger partial charge in [0.15, 0.2) is 0 Å². The summed E-state index contributed by atoms with van der Waals surface area (Å²) in [5.74, 6) is -0.451. The standard InChI is InChI=1S/C30H26Cl2N2O5S/c1-37-20-10-11-28(40-2)22(15-20)21-12-13-34-16-23(21)29(35)39-30(36)27(33)14-18-6-8-19(9-7-18)38-17-24-25(31)4-3-5-26(24)32/h3-13,15-16,27H,14,17,33H2,1-2H3/t27-/m0/s1. The number of ether oxygens (including phenoxy) is 3. The predicted molar refractivity (Wildman–Crippen MR) is 157 cm³/mol. The van der Waals surface area contributed by atoms with E-state index >= 15 is 0 Å². The van der Waals surface area contributed by atoms with Crippen LogP contribution in [0.3, 0.4) is 0 Å². The lowest BCUT2D eigenvalue weighted by Crippen LogP contribution is -2.35. The molecule has 0 amide bonds. The average molecular weight is 598 g/mol. The maximum atomic E-state index is 13.0. The SMILES string of the molecule is COc1ccc(SC)c(-c2ccncc2C(=O)OC(=O)[C@@H](N)Cc2ccc(OCc3c(Cl)cccc3Cl)cc2)c1. The van der Waals surface area contributed by atoms with E-state index in [1.807, 2.05) is 24.5 Å². The van der Waals surface area contributed by atoms with Crippen molar-refractivity contribution in [3.63, 3.8) is 0 Å². The number of hydrogen-bond acceptors (Lipinski definition) is 8. The van der Waals surface area contributed by atoms with Gasteiger partial charge in [0, 0.05) is 38.5 Å². The molecule has 0 saturated carbocycles. The second-order valence-corrected chi connectivity index (χ2v) is 10.3. The van der Waals surface area contributed by atoms with Crippen molar-refractivity contribution in [2.75, 3.05) is 13.4 Å². The fraction of sp³-hybridized carbons (Fsp3) is 0.167. The number of aromatic nitrogens is 1. The van der Waals surface area contributed by atoms with Crippen molar-refractivity contribution in [2.24, 2.45) is 5.73 Å². The summed E-state index contributed by atoms with van der Waals surface area (Å²) in [5.41, 5.74) is 9.02. The number of methoxy groups -OCH3 is 1. The average Bonchev–Trinajstić information content (AvgIpc) is 2.97. The van der Waals surface area contributed by atoms with Gasteiger partial charge in [-0.3, -0.25) is 4.98 Å². The Morgan fingerprint density at radius 1 is 0.975 bits per heavy atom. The van der Waals surface area contributed by atoms with Crippen LogP contribution in [0.4, 0.5) is 0 Å². The first-order valence-electron chi connectivity index (χ1n) is 12.1. The van der Waals surface area contributed by atoms with E-state index in [1.54, 1.807) is 61.8 Å². The third-order valence-corrected chi connectivity index (χ3v) is 7.56. The van der Waals surface area contributed by atoms with E-state index in [9.17, 15) is 9.59 Å². The van der Waals surface area contributed by atoms with E-state index in [-0.39, 0.29) is 18.6 Å². The summed E-state index contributed by atoms with van der Waals surface area (Å²) in [4.78, 5) is 30.7. The largest absolute Gasteiger partial charge is 0.497 e. The number of benzene rings is 3. The van der Waals surface area contributed by atoms with Gasteiger partial charge in [0.1, 0.15) is 24.1 Å². The van der Waals surface area contributed by atoms with E-state index in [0.717, 1.165) is 16.0 Å². The molecule has 0 radical (unpaired) electrons. The van der Waals surface area contributed by atoms with Crippen LogP contribution in [0, 0.1) is 0 Å². The minimum absolute atomic E-state index is 0.145. The molecule has 206 valence electrons. The molecule has 4 rings (SSSR count). The number of thioether (sulfide) groups is 1. The molecule has 40 heavy (non-hydrogen) atoms. The number of hydrogen-bond donors (Lipinski definition) is 1. The molecule has 1 aromatic heterocycles. The first-order valence-corrected chi connectivity index (χ1v) is 14.1. The molecule has 1 atom stereocenters. The number of nitrogens with two attached hydrogens (primary N) is 1. The highest BCUT2D eigenvalue weighted by molar-refractivity contribution is 7.98. The molecule has 0 fully saturated rings. The molecule has 4 aromatic rings. The molecule has 2 N–H and O–H groups in total. The number of nitrogens with zero attached hydrogens (tertiary/aromatic N) is 1. The van der Waals surface area contributed by atoms with Gasteiger partial charge < -0.3 is 19.9 Å². The minimum atomic E-state index is -1.06. The highest BCUT2D eigenvalue weighted by Crippen LogP contribution is 2.35. The summed E-state index contributed by atoms with van der Waals surface area (Å²) < 4.78 is 16.3. The van der Waals surface area contributed by atoms with Gasteiger partial charge in [-0.2, -0.15) is 0 Å². The molecular formula is C30H26Cl2N2O5S. The molecule has 0 aliphatic carbocycles. The Bertz CT molecular complexity index is 1490. The number of pyridine rings is 1. The van der Waals surface area contributed by atoms with Crippen LogP contribution in [-0.4, -0.2) is 36.3 Å². The molecule has 10 heteroatoms. The highest BCUT2D eigenvalue weighted by Gasteiger charge is 2.24. The molecule has 0 saturated heterocycles. The van der Waals surface area contributed by atoms with Gasteiger partial charge in [-0.15, -0.1) is 11.8 Å². The summed E-state index contributed by atoms with van der Waals surface area (Å²) in [5, 5.41) is 1.05. The Kier molecular flexibility index (Phi) is 10.1. The van der Waals surface area contributed by atoms with Crippen LogP contribution < -0.4 is 15.2 Å². The predicted octanol–water partition coefficient (Wildman–Crippen LogP) is 6.62. The van der Waals surface area contributed by atoms with E-state index < -0.39 is 18.0 Å². The number of esters is 2. The zero-order valence-electron chi connectivity index (χ0n) is 21.7. The Morgan fingerprint density at radius 3 is 2.35 bits per heavy atom. The monoisotopic (exact) mass is 596 g/mol. The van der Waals surface area contributed by atoms with Crippen molar-refractivity contribution in [3.05, 3.63) is 106 Å². The van der Waals surface area contributed by atoms with E-state index in [1.165, 1.54) is 18.0 Å². The summed E-state index contributed by atoms with van der Waals surface area (Å²) in [6.45, 7) is 0.205. The van der Waals surface area contributed by atoms with Crippen molar-refractivity contribution in [3.8, 4) is 22.6 Å². The first-order chi connectivity index (χ1) is 19.3. The molecule has 3 aromatic carbocycles. The van der Waals surface area contributed by atoms with Crippen LogP contribution in [0.25, 0.3) is 11.1 Å². The fourth-order valence-corrected chi connectivity index (χ4v) is 5.02. The first kappa shape index (κ1) is 29.4. The normalized spacial score (nSPS) is 11.5. The molecule has 0 spiro atoms. The van der Waals surface area contributed by atoms with Crippen molar-refractivity contribution in [1.82, 2.24) is 4.98 Å². The summed E-state index contributed by atoms with van der Waals surface area (Å²) in [6, 6.07) is 18.5. The molecule has 7 nitrogen and oxygen atoms in total. The number of halogens is 2. The fourth-order valence-electron chi connectivity index (χ4n) is 3.92. The van der Waals surface area contributed by atoms with Gasteiger partial charge in [0.05, 0.1) is 12.7 Å².